The van der Waals surface area contributed by atoms with E-state index in [1.165, 1.54) is 12.1 Å². The third-order valence-corrected chi connectivity index (χ3v) is 3.98. The molecule has 1 amide bonds. The van der Waals surface area contributed by atoms with Crippen LogP contribution in [0, 0.1) is 5.82 Å². The Labute approximate surface area is 134 Å². The molecule has 2 fully saturated rings. The molecular weight excluding hydrogens is 329 g/mol. The van der Waals surface area contributed by atoms with Gasteiger partial charge in [0.05, 0.1) is 12.3 Å². The van der Waals surface area contributed by atoms with E-state index in [2.05, 4.69) is 10.7 Å². The van der Waals surface area contributed by atoms with Crippen LogP contribution in [0.1, 0.15) is 43.7 Å². The molecule has 2 saturated heterocycles. The van der Waals surface area contributed by atoms with E-state index in [-0.39, 0.29) is 17.8 Å². The highest BCUT2D eigenvalue weighted by Gasteiger charge is 2.39. The highest BCUT2D eigenvalue weighted by molar-refractivity contribution is 8.13. The molecule has 1 aromatic rings. The summed E-state index contributed by atoms with van der Waals surface area (Å²) in [4.78, 5) is 13.9. The van der Waals surface area contributed by atoms with Crippen molar-refractivity contribution in [1.29, 1.82) is 0 Å². The number of carbonyl (C=O) groups excluding carboxylic acids is 1. The SMILES string of the molecule is CS(=O)(=O)Cl.O=C1CCC2CCCC(c3ccc(F)cc3)N12. The maximum atomic E-state index is 12.9. The van der Waals surface area contributed by atoms with Crippen LogP contribution in [-0.2, 0) is 13.8 Å². The molecule has 0 radical (unpaired) electrons. The van der Waals surface area contributed by atoms with Gasteiger partial charge in [0.2, 0.25) is 15.0 Å². The molecule has 122 valence electrons. The third-order valence-electron chi connectivity index (χ3n) is 3.98. The van der Waals surface area contributed by atoms with Gasteiger partial charge in [-0.2, -0.15) is 0 Å². The van der Waals surface area contributed by atoms with Gasteiger partial charge < -0.3 is 4.90 Å². The molecule has 4 nitrogen and oxygen atoms in total. The van der Waals surface area contributed by atoms with Crippen LogP contribution in [-0.4, -0.2) is 31.5 Å². The molecule has 1 aromatic carbocycles. The fourth-order valence-corrected chi connectivity index (χ4v) is 3.17. The van der Waals surface area contributed by atoms with Crippen molar-refractivity contribution in [1.82, 2.24) is 4.90 Å². The molecule has 7 heteroatoms. The Morgan fingerprint density at radius 1 is 1.18 bits per heavy atom. The molecular formula is C15H19ClFNO3S. The Morgan fingerprint density at radius 3 is 2.36 bits per heavy atom. The average Bonchev–Trinajstić information content (AvgIpc) is 2.80. The summed E-state index contributed by atoms with van der Waals surface area (Å²) in [5.41, 5.74) is 1.08. The second-order valence-electron chi connectivity index (χ2n) is 5.67. The predicted molar refractivity (Wildman–Crippen MR) is 83.6 cm³/mol. The summed E-state index contributed by atoms with van der Waals surface area (Å²) in [7, 11) is 1.31. The van der Waals surface area contributed by atoms with Crippen LogP contribution in [0.15, 0.2) is 24.3 Å². The first-order chi connectivity index (χ1) is 10.3. The van der Waals surface area contributed by atoms with E-state index in [1.54, 1.807) is 0 Å². The van der Waals surface area contributed by atoms with Crippen LogP contribution in [0.4, 0.5) is 4.39 Å². The molecule has 2 aliphatic heterocycles. The van der Waals surface area contributed by atoms with Crippen molar-refractivity contribution in [2.75, 3.05) is 6.26 Å². The highest BCUT2D eigenvalue weighted by Crippen LogP contribution is 2.39. The van der Waals surface area contributed by atoms with E-state index in [9.17, 15) is 17.6 Å². The number of benzene rings is 1. The molecule has 22 heavy (non-hydrogen) atoms. The molecule has 3 rings (SSSR count). The molecule has 0 aromatic heterocycles. The van der Waals surface area contributed by atoms with Crippen molar-refractivity contribution in [3.8, 4) is 0 Å². The minimum absolute atomic E-state index is 0.171. The molecule has 2 atom stereocenters. The first kappa shape index (κ1) is 17.2. The van der Waals surface area contributed by atoms with Crippen LogP contribution in [0.25, 0.3) is 0 Å². The van der Waals surface area contributed by atoms with Crippen molar-refractivity contribution in [3.63, 3.8) is 0 Å². The van der Waals surface area contributed by atoms with Gasteiger partial charge in [-0.3, -0.25) is 4.79 Å². The number of hydrogen-bond donors (Lipinski definition) is 0. The molecule has 0 bridgehead atoms. The number of rotatable bonds is 1. The normalized spacial score (nSPS) is 24.5. The van der Waals surface area contributed by atoms with E-state index in [0.717, 1.165) is 37.5 Å². The topological polar surface area (TPSA) is 54.5 Å². The smallest absolute Gasteiger partial charge is 0.229 e. The van der Waals surface area contributed by atoms with Gasteiger partial charge in [0, 0.05) is 23.1 Å². The van der Waals surface area contributed by atoms with Crippen LogP contribution >= 0.6 is 10.7 Å². The minimum Gasteiger partial charge on any atom is -0.333 e. The van der Waals surface area contributed by atoms with E-state index in [0.29, 0.717) is 12.5 Å². The molecule has 0 spiro atoms. The largest absolute Gasteiger partial charge is 0.333 e. The van der Waals surface area contributed by atoms with Crippen molar-refractivity contribution < 1.29 is 17.6 Å². The van der Waals surface area contributed by atoms with Crippen molar-refractivity contribution in [2.45, 2.75) is 44.2 Å². The van der Waals surface area contributed by atoms with Gasteiger partial charge in [-0.1, -0.05) is 12.1 Å². The predicted octanol–water partition coefficient (Wildman–Crippen LogP) is 3.23. The Hall–Kier alpha value is -1.14. The first-order valence-corrected chi connectivity index (χ1v) is 9.93. The van der Waals surface area contributed by atoms with Gasteiger partial charge in [0.25, 0.3) is 0 Å². The van der Waals surface area contributed by atoms with Crippen molar-refractivity contribution in [2.24, 2.45) is 0 Å². The van der Waals surface area contributed by atoms with Gasteiger partial charge in [-0.25, -0.2) is 12.8 Å². The number of hydrogen-bond acceptors (Lipinski definition) is 3. The average molecular weight is 348 g/mol. The highest BCUT2D eigenvalue weighted by atomic mass is 35.7. The zero-order valence-electron chi connectivity index (χ0n) is 12.3. The lowest BCUT2D eigenvalue weighted by atomic mass is 9.92. The minimum atomic E-state index is -3.19. The summed E-state index contributed by atoms with van der Waals surface area (Å²) >= 11 is 0. The maximum absolute atomic E-state index is 12.9. The van der Waals surface area contributed by atoms with Gasteiger partial charge in [0.15, 0.2) is 0 Å². The second-order valence-corrected chi connectivity index (χ2v) is 8.72. The number of amides is 1. The Balaban J connectivity index is 0.000000309. The number of nitrogens with zero attached hydrogens (tertiary/aromatic N) is 1. The van der Waals surface area contributed by atoms with Crippen molar-refractivity contribution >= 4 is 25.6 Å². The van der Waals surface area contributed by atoms with E-state index in [1.807, 2.05) is 17.0 Å². The molecule has 0 N–H and O–H groups in total. The quantitative estimate of drug-likeness (QED) is 0.733. The van der Waals surface area contributed by atoms with Crippen molar-refractivity contribution in [3.05, 3.63) is 35.6 Å². The Kier molecular flexibility index (Phi) is 5.45. The van der Waals surface area contributed by atoms with Crippen LogP contribution in [0.5, 0.6) is 0 Å². The molecule has 2 unspecified atom stereocenters. The zero-order valence-corrected chi connectivity index (χ0v) is 13.9. The second kappa shape index (κ2) is 6.96. The number of halogens is 2. The number of carbonyl (C=O) groups is 1. The van der Waals surface area contributed by atoms with Gasteiger partial charge in [-0.05, 0) is 43.4 Å². The van der Waals surface area contributed by atoms with Crippen LogP contribution in [0.3, 0.4) is 0 Å². The first-order valence-electron chi connectivity index (χ1n) is 7.22. The Bertz CT molecular complexity index is 625. The lowest BCUT2D eigenvalue weighted by molar-refractivity contribution is -0.132. The van der Waals surface area contributed by atoms with Crippen LogP contribution in [0.2, 0.25) is 0 Å². The summed E-state index contributed by atoms with van der Waals surface area (Å²) in [6, 6.07) is 7.19. The maximum Gasteiger partial charge on any atom is 0.229 e. The number of fused-ring (bicyclic) bond motifs is 1. The summed E-state index contributed by atoms with van der Waals surface area (Å²) in [5.74, 6) is 0.0536. The lowest BCUT2D eigenvalue weighted by Crippen LogP contribution is -2.39. The summed E-state index contributed by atoms with van der Waals surface area (Å²) in [6.07, 6.45) is 5.90. The third kappa shape index (κ3) is 4.68. The summed E-state index contributed by atoms with van der Waals surface area (Å²) in [5, 5.41) is 0. The molecule has 0 saturated carbocycles. The van der Waals surface area contributed by atoms with Gasteiger partial charge in [0.1, 0.15) is 5.82 Å². The Morgan fingerprint density at radius 2 is 1.77 bits per heavy atom. The standard InChI is InChI=1S/C14H16FNO.CH3ClO2S/c15-11-6-4-10(5-7-11)13-3-1-2-12-8-9-14(17)16(12)13;1-5(2,3)4/h4-7,12-13H,1-3,8-9H2;1H3. The fourth-order valence-electron chi connectivity index (χ4n) is 3.17. The van der Waals surface area contributed by atoms with E-state index < -0.39 is 9.05 Å². The molecule has 2 aliphatic rings. The molecule has 0 aliphatic carbocycles. The van der Waals surface area contributed by atoms with Gasteiger partial charge >= 0.3 is 0 Å². The van der Waals surface area contributed by atoms with Gasteiger partial charge in [-0.15, -0.1) is 0 Å². The number of piperidine rings is 1. The van der Waals surface area contributed by atoms with E-state index in [4.69, 9.17) is 0 Å². The summed E-state index contributed by atoms with van der Waals surface area (Å²) in [6.45, 7) is 0. The summed E-state index contributed by atoms with van der Waals surface area (Å²) < 4.78 is 31.7. The lowest BCUT2D eigenvalue weighted by Gasteiger charge is -2.38. The van der Waals surface area contributed by atoms with E-state index >= 15 is 0 Å². The van der Waals surface area contributed by atoms with Crippen LogP contribution < -0.4 is 0 Å². The molecule has 2 heterocycles. The fraction of sp³-hybridized carbons (Fsp3) is 0.533. The zero-order chi connectivity index (χ0) is 16.3. The monoisotopic (exact) mass is 347 g/mol.